The lowest BCUT2D eigenvalue weighted by Gasteiger charge is -2.16. The van der Waals surface area contributed by atoms with Crippen LogP contribution < -0.4 is 10.2 Å². The molecule has 0 aliphatic carbocycles. The summed E-state index contributed by atoms with van der Waals surface area (Å²) in [6.07, 6.45) is 0. The van der Waals surface area contributed by atoms with Crippen molar-refractivity contribution in [3.8, 4) is 0 Å². The van der Waals surface area contributed by atoms with E-state index in [0.29, 0.717) is 5.69 Å². The molecule has 1 aliphatic rings. The third-order valence-electron chi connectivity index (χ3n) is 3.64. The molecule has 8 heteroatoms. The van der Waals surface area contributed by atoms with Crippen LogP contribution in [0, 0.1) is 16.3 Å². The number of nitrogens with one attached hydrogen (secondary N) is 1. The van der Waals surface area contributed by atoms with Gasteiger partial charge in [0.05, 0.1) is 10.7 Å². The summed E-state index contributed by atoms with van der Waals surface area (Å²) in [6.45, 7) is 1.87. The number of carbonyl (C=O) groups is 2. The maximum Gasteiger partial charge on any atom is 0.283 e. The molecule has 0 atom stereocenters. The molecule has 0 saturated heterocycles. The molecule has 3 rings (SSSR count). The molecule has 2 amide bonds. The highest BCUT2D eigenvalue weighted by molar-refractivity contribution is 14.1. The smallest absolute Gasteiger partial charge is 0.283 e. The number of anilines is 2. The minimum Gasteiger partial charge on any atom is -0.349 e. The zero-order chi connectivity index (χ0) is 18.3. The van der Waals surface area contributed by atoms with E-state index < -0.39 is 17.6 Å². The van der Waals surface area contributed by atoms with E-state index in [0.717, 1.165) is 20.1 Å². The lowest BCUT2D eigenvalue weighted by atomic mass is 10.2. The minimum absolute atomic E-state index is 0.0311. The first-order valence-corrected chi connectivity index (χ1v) is 8.90. The number of halogens is 4. The van der Waals surface area contributed by atoms with Gasteiger partial charge in [-0.2, -0.15) is 0 Å². The highest BCUT2D eigenvalue weighted by Crippen LogP contribution is 2.32. The minimum atomic E-state index is -0.694. The summed E-state index contributed by atoms with van der Waals surface area (Å²) in [5.74, 6) is -1.97. The Balaban J connectivity index is 1.95. The molecule has 0 fully saturated rings. The van der Waals surface area contributed by atoms with Crippen LogP contribution in [0.4, 0.5) is 15.8 Å². The first kappa shape index (κ1) is 18.2. The summed E-state index contributed by atoms with van der Waals surface area (Å²) in [5, 5.41) is 2.49. The van der Waals surface area contributed by atoms with Gasteiger partial charge in [-0.1, -0.05) is 23.2 Å². The Morgan fingerprint density at radius 2 is 1.80 bits per heavy atom. The lowest BCUT2D eigenvalue weighted by Crippen LogP contribution is -2.32. The molecular weight excluding hydrogens is 481 g/mol. The number of carbonyl (C=O) groups excluding carboxylic acids is 2. The van der Waals surface area contributed by atoms with E-state index in [1.54, 1.807) is 6.07 Å². The molecular formula is C17H10Cl2FIN2O2. The molecule has 0 unspecified atom stereocenters. The quantitative estimate of drug-likeness (QED) is 0.495. The van der Waals surface area contributed by atoms with Crippen molar-refractivity contribution in [3.63, 3.8) is 0 Å². The van der Waals surface area contributed by atoms with Crippen LogP contribution in [0.5, 0.6) is 0 Å². The van der Waals surface area contributed by atoms with E-state index in [9.17, 15) is 14.0 Å². The number of nitrogens with zero attached hydrogens (tertiary/aromatic N) is 1. The lowest BCUT2D eigenvalue weighted by molar-refractivity contribution is -0.120. The Labute approximate surface area is 166 Å². The maximum atomic E-state index is 13.3. The monoisotopic (exact) mass is 490 g/mol. The fourth-order valence-corrected chi connectivity index (χ4v) is 3.41. The van der Waals surface area contributed by atoms with Crippen molar-refractivity contribution in [1.82, 2.24) is 0 Å². The Morgan fingerprint density at radius 1 is 1.08 bits per heavy atom. The molecule has 0 spiro atoms. The van der Waals surface area contributed by atoms with Crippen molar-refractivity contribution in [2.75, 3.05) is 10.2 Å². The maximum absolute atomic E-state index is 13.3. The highest BCUT2D eigenvalue weighted by Gasteiger charge is 2.39. The Bertz CT molecular complexity index is 946. The van der Waals surface area contributed by atoms with Crippen LogP contribution in [0.15, 0.2) is 47.1 Å². The van der Waals surface area contributed by atoms with Gasteiger partial charge >= 0.3 is 0 Å². The normalized spacial score (nSPS) is 14.5. The average molecular weight is 491 g/mol. The summed E-state index contributed by atoms with van der Waals surface area (Å²) < 4.78 is 14.4. The molecule has 128 valence electrons. The third-order valence-corrected chi connectivity index (χ3v) is 4.95. The molecule has 0 saturated carbocycles. The van der Waals surface area contributed by atoms with Crippen molar-refractivity contribution in [2.24, 2.45) is 0 Å². The standard InChI is InChI=1S/C17H10Cl2FIN2O2/c1-8-6-9(21)2-5-13(8)22-15-14(19)16(24)23(17(15)25)10-3-4-12(20)11(18)7-10/h2-7,22H,1H3. The molecule has 0 bridgehead atoms. The summed E-state index contributed by atoms with van der Waals surface area (Å²) in [5.41, 5.74) is 1.67. The van der Waals surface area contributed by atoms with Crippen LogP contribution in [0.1, 0.15) is 5.56 Å². The first-order chi connectivity index (χ1) is 11.8. The number of benzene rings is 2. The predicted octanol–water partition coefficient (Wildman–Crippen LogP) is 4.83. The molecule has 2 aromatic carbocycles. The largest absolute Gasteiger partial charge is 0.349 e. The van der Waals surface area contributed by atoms with Crippen molar-refractivity contribution in [3.05, 3.63) is 67.1 Å². The van der Waals surface area contributed by atoms with Gasteiger partial charge in [-0.3, -0.25) is 9.59 Å². The second kappa shape index (κ2) is 6.93. The second-order valence-corrected chi connectivity index (χ2v) is 7.35. The van der Waals surface area contributed by atoms with E-state index >= 15 is 0 Å². The fourth-order valence-electron chi connectivity index (χ4n) is 2.37. The van der Waals surface area contributed by atoms with Crippen molar-refractivity contribution in [1.29, 1.82) is 0 Å². The van der Waals surface area contributed by atoms with E-state index in [-0.39, 0.29) is 21.4 Å². The zero-order valence-corrected chi connectivity index (χ0v) is 16.4. The number of aryl methyl sites for hydroxylation is 1. The summed E-state index contributed by atoms with van der Waals surface area (Å²) >= 11 is 14.0. The van der Waals surface area contributed by atoms with Gasteiger partial charge in [-0.25, -0.2) is 9.29 Å². The summed E-state index contributed by atoms with van der Waals surface area (Å²) in [6, 6.07) is 9.17. The number of hydrogen-bond donors (Lipinski definition) is 1. The van der Waals surface area contributed by atoms with Gasteiger partial charge in [0.1, 0.15) is 16.5 Å². The van der Waals surface area contributed by atoms with Crippen LogP contribution in [0.2, 0.25) is 5.02 Å². The van der Waals surface area contributed by atoms with E-state index in [2.05, 4.69) is 27.9 Å². The molecule has 1 heterocycles. The Hall–Kier alpha value is -1.64. The molecule has 25 heavy (non-hydrogen) atoms. The van der Waals surface area contributed by atoms with E-state index in [1.807, 2.05) is 19.1 Å². The van der Waals surface area contributed by atoms with E-state index in [1.165, 1.54) is 12.1 Å². The number of hydrogen-bond acceptors (Lipinski definition) is 3. The topological polar surface area (TPSA) is 49.4 Å². The molecule has 1 aliphatic heterocycles. The van der Waals surface area contributed by atoms with Crippen molar-refractivity contribution < 1.29 is 14.0 Å². The van der Waals surface area contributed by atoms with E-state index in [4.69, 9.17) is 23.2 Å². The van der Waals surface area contributed by atoms with Crippen LogP contribution in [0.3, 0.4) is 0 Å². The molecule has 0 radical (unpaired) electrons. The van der Waals surface area contributed by atoms with Gasteiger partial charge in [-0.05, 0) is 71.5 Å². The van der Waals surface area contributed by atoms with Crippen molar-refractivity contribution in [2.45, 2.75) is 6.92 Å². The predicted molar refractivity (Wildman–Crippen MR) is 104 cm³/mol. The van der Waals surface area contributed by atoms with Gasteiger partial charge in [0.25, 0.3) is 11.8 Å². The number of imide groups is 1. The Morgan fingerprint density at radius 3 is 2.44 bits per heavy atom. The highest BCUT2D eigenvalue weighted by atomic mass is 127. The molecule has 2 aromatic rings. The van der Waals surface area contributed by atoms with Gasteiger partial charge < -0.3 is 5.32 Å². The van der Waals surface area contributed by atoms with Gasteiger partial charge in [0.2, 0.25) is 0 Å². The van der Waals surface area contributed by atoms with Gasteiger partial charge in [0.15, 0.2) is 0 Å². The average Bonchev–Trinajstić information content (AvgIpc) is 2.76. The van der Waals surface area contributed by atoms with Gasteiger partial charge in [-0.15, -0.1) is 0 Å². The van der Waals surface area contributed by atoms with Crippen LogP contribution in [-0.4, -0.2) is 11.8 Å². The number of rotatable bonds is 3. The zero-order valence-electron chi connectivity index (χ0n) is 12.7. The van der Waals surface area contributed by atoms with Crippen LogP contribution >= 0.6 is 45.8 Å². The molecule has 1 N–H and O–H groups in total. The Kier molecular flexibility index (Phi) is 5.04. The van der Waals surface area contributed by atoms with Crippen LogP contribution in [-0.2, 0) is 9.59 Å². The number of amides is 2. The van der Waals surface area contributed by atoms with Crippen LogP contribution in [0.25, 0.3) is 0 Å². The second-order valence-electron chi connectivity index (χ2n) is 5.32. The first-order valence-electron chi connectivity index (χ1n) is 7.06. The SMILES string of the molecule is Cc1cc(I)ccc1NC1=C(Cl)C(=O)N(c2ccc(F)c(Cl)c2)C1=O. The van der Waals surface area contributed by atoms with Gasteiger partial charge in [0, 0.05) is 9.26 Å². The van der Waals surface area contributed by atoms with Crippen molar-refractivity contribution >= 4 is 69.0 Å². The summed E-state index contributed by atoms with van der Waals surface area (Å²) in [4.78, 5) is 25.9. The fraction of sp³-hybridized carbons (Fsp3) is 0.0588. The molecule has 0 aromatic heterocycles. The third kappa shape index (κ3) is 3.38. The molecule has 4 nitrogen and oxygen atoms in total. The summed E-state index contributed by atoms with van der Waals surface area (Å²) in [7, 11) is 0.